The van der Waals surface area contributed by atoms with E-state index in [4.69, 9.17) is 0 Å². The smallest absolute Gasteiger partial charge is 0.0623 e. The normalized spacial score (nSPS) is 17.3. The molecule has 0 aromatic heterocycles. The van der Waals surface area contributed by atoms with E-state index in [2.05, 4.69) is 139 Å². The average Bonchev–Trinajstić information content (AvgIpc) is 3.34. The number of benzene rings is 6. The molecule has 1 aliphatic carbocycles. The fourth-order valence-corrected chi connectivity index (χ4v) is 6.56. The van der Waals surface area contributed by atoms with Crippen LogP contribution in [0.5, 0.6) is 0 Å². The van der Waals surface area contributed by atoms with Crippen LogP contribution in [0.25, 0.3) is 49.9 Å². The zero-order chi connectivity index (χ0) is 24.3. The van der Waals surface area contributed by atoms with E-state index >= 15 is 0 Å². The van der Waals surface area contributed by atoms with Crippen LogP contribution in [0.3, 0.4) is 0 Å². The minimum atomic E-state index is 0.292. The van der Waals surface area contributed by atoms with Crippen LogP contribution in [0, 0.1) is 0 Å². The van der Waals surface area contributed by atoms with Crippen LogP contribution in [0.4, 0.5) is 5.69 Å². The average molecular weight is 472 g/mol. The Hall–Kier alpha value is -4.62. The van der Waals surface area contributed by atoms with E-state index in [9.17, 15) is 0 Å². The molecule has 174 valence electrons. The van der Waals surface area contributed by atoms with Gasteiger partial charge < -0.3 is 5.32 Å². The molecule has 1 aliphatic heterocycles. The SMILES string of the molecule is C1=CC2c3ccc(-c4c5ccccc5c(-c5ccccc5)c5ccccc45)cc3NC2c2ccccc21. The van der Waals surface area contributed by atoms with Gasteiger partial charge in [0.1, 0.15) is 0 Å². The highest BCUT2D eigenvalue weighted by molar-refractivity contribution is 6.21. The summed E-state index contributed by atoms with van der Waals surface area (Å²) < 4.78 is 0. The summed E-state index contributed by atoms with van der Waals surface area (Å²) in [5, 5.41) is 9.06. The molecule has 6 aromatic carbocycles. The van der Waals surface area contributed by atoms with Crippen molar-refractivity contribution in [3.05, 3.63) is 144 Å². The Morgan fingerprint density at radius 2 is 1.08 bits per heavy atom. The van der Waals surface area contributed by atoms with Gasteiger partial charge in [-0.05, 0) is 66.6 Å². The summed E-state index contributed by atoms with van der Waals surface area (Å²) in [6, 6.07) is 44.6. The second-order valence-corrected chi connectivity index (χ2v) is 10.1. The van der Waals surface area contributed by atoms with E-state index in [0.717, 1.165) is 0 Å². The van der Waals surface area contributed by atoms with Crippen LogP contribution in [-0.4, -0.2) is 0 Å². The number of anilines is 1. The lowest BCUT2D eigenvalue weighted by Gasteiger charge is -2.24. The molecular formula is C36H25N. The van der Waals surface area contributed by atoms with Gasteiger partial charge in [-0.2, -0.15) is 0 Å². The zero-order valence-corrected chi connectivity index (χ0v) is 20.4. The molecule has 0 radical (unpaired) electrons. The van der Waals surface area contributed by atoms with Gasteiger partial charge in [0.2, 0.25) is 0 Å². The van der Waals surface area contributed by atoms with Gasteiger partial charge in [-0.1, -0.05) is 127 Å². The summed E-state index contributed by atoms with van der Waals surface area (Å²) in [7, 11) is 0. The maximum Gasteiger partial charge on any atom is 0.0623 e. The van der Waals surface area contributed by atoms with Gasteiger partial charge in [-0.15, -0.1) is 0 Å². The van der Waals surface area contributed by atoms with Crippen LogP contribution < -0.4 is 5.32 Å². The van der Waals surface area contributed by atoms with Gasteiger partial charge in [0, 0.05) is 11.6 Å². The summed E-state index contributed by atoms with van der Waals surface area (Å²) in [5.74, 6) is 0.368. The highest BCUT2D eigenvalue weighted by atomic mass is 15.0. The van der Waals surface area contributed by atoms with Gasteiger partial charge >= 0.3 is 0 Å². The standard InChI is InChI=1S/C36H25N/c1-2-11-24(12-3-1)34-28-14-6-8-16-30(28)35(31-17-9-7-15-29(31)34)25-19-20-27-32-21-18-23-10-4-5-13-26(23)36(32)37-33(27)22-25/h1-22,32,36-37H. The molecule has 1 N–H and O–H groups in total. The summed E-state index contributed by atoms with van der Waals surface area (Å²) in [6.07, 6.45) is 4.65. The van der Waals surface area contributed by atoms with E-state index in [1.165, 1.54) is 66.2 Å². The Kier molecular flexibility index (Phi) is 4.41. The maximum absolute atomic E-state index is 3.88. The second-order valence-electron chi connectivity index (χ2n) is 10.1. The Bertz CT molecular complexity index is 1800. The van der Waals surface area contributed by atoms with Crippen molar-refractivity contribution >= 4 is 33.3 Å². The highest BCUT2D eigenvalue weighted by Gasteiger charge is 2.34. The van der Waals surface area contributed by atoms with E-state index in [1.54, 1.807) is 0 Å². The Morgan fingerprint density at radius 3 is 1.78 bits per heavy atom. The van der Waals surface area contributed by atoms with Crippen LogP contribution in [0.15, 0.2) is 127 Å². The Morgan fingerprint density at radius 1 is 0.486 bits per heavy atom. The maximum atomic E-state index is 3.88. The first kappa shape index (κ1) is 20.6. The number of fused-ring (bicyclic) bond motifs is 7. The first-order valence-corrected chi connectivity index (χ1v) is 13.0. The first-order valence-electron chi connectivity index (χ1n) is 13.0. The van der Waals surface area contributed by atoms with Crippen LogP contribution in [0.1, 0.15) is 28.7 Å². The zero-order valence-electron chi connectivity index (χ0n) is 20.4. The largest absolute Gasteiger partial charge is 0.377 e. The molecule has 1 heterocycles. The van der Waals surface area contributed by atoms with Crippen molar-refractivity contribution in [2.45, 2.75) is 12.0 Å². The topological polar surface area (TPSA) is 12.0 Å². The minimum absolute atomic E-state index is 0.292. The van der Waals surface area contributed by atoms with Crippen molar-refractivity contribution in [1.29, 1.82) is 0 Å². The summed E-state index contributed by atoms with van der Waals surface area (Å²) in [4.78, 5) is 0. The van der Waals surface area contributed by atoms with E-state index in [1.807, 2.05) is 0 Å². The molecule has 0 saturated heterocycles. The lowest BCUT2D eigenvalue weighted by atomic mass is 9.82. The third kappa shape index (κ3) is 3.04. The number of nitrogens with one attached hydrogen (secondary N) is 1. The molecule has 0 spiro atoms. The molecule has 8 rings (SSSR count). The third-order valence-electron chi connectivity index (χ3n) is 8.18. The van der Waals surface area contributed by atoms with Crippen LogP contribution >= 0.6 is 0 Å². The van der Waals surface area contributed by atoms with E-state index < -0.39 is 0 Å². The van der Waals surface area contributed by atoms with Gasteiger partial charge in [-0.3, -0.25) is 0 Å². The van der Waals surface area contributed by atoms with Crippen molar-refractivity contribution in [3.63, 3.8) is 0 Å². The van der Waals surface area contributed by atoms with Crippen molar-refractivity contribution in [2.24, 2.45) is 0 Å². The predicted octanol–water partition coefficient (Wildman–Crippen LogP) is 9.60. The molecule has 1 heteroatoms. The molecule has 6 aromatic rings. The fraction of sp³-hybridized carbons (Fsp3) is 0.0556. The van der Waals surface area contributed by atoms with E-state index in [0.29, 0.717) is 12.0 Å². The quantitative estimate of drug-likeness (QED) is 0.248. The van der Waals surface area contributed by atoms with Crippen LogP contribution in [-0.2, 0) is 0 Å². The molecule has 2 atom stereocenters. The van der Waals surface area contributed by atoms with Gasteiger partial charge in [0.25, 0.3) is 0 Å². The van der Waals surface area contributed by atoms with Gasteiger partial charge in [0.15, 0.2) is 0 Å². The van der Waals surface area contributed by atoms with Crippen molar-refractivity contribution < 1.29 is 0 Å². The second kappa shape index (κ2) is 7.94. The van der Waals surface area contributed by atoms with Crippen molar-refractivity contribution in [1.82, 2.24) is 0 Å². The summed E-state index contributed by atoms with van der Waals surface area (Å²) >= 11 is 0. The molecule has 0 fully saturated rings. The molecule has 1 nitrogen and oxygen atoms in total. The molecular weight excluding hydrogens is 446 g/mol. The molecule has 2 unspecified atom stereocenters. The third-order valence-corrected chi connectivity index (χ3v) is 8.18. The van der Waals surface area contributed by atoms with Crippen molar-refractivity contribution in [2.75, 3.05) is 5.32 Å². The molecule has 37 heavy (non-hydrogen) atoms. The summed E-state index contributed by atoms with van der Waals surface area (Å²) in [6.45, 7) is 0. The monoisotopic (exact) mass is 471 g/mol. The van der Waals surface area contributed by atoms with Gasteiger partial charge in [-0.25, -0.2) is 0 Å². The molecule has 0 amide bonds. The molecule has 0 bridgehead atoms. The first-order chi connectivity index (χ1) is 18.4. The number of hydrogen-bond donors (Lipinski definition) is 1. The molecule has 0 saturated carbocycles. The highest BCUT2D eigenvalue weighted by Crippen LogP contribution is 2.50. The predicted molar refractivity (Wildman–Crippen MR) is 157 cm³/mol. The number of rotatable bonds is 2. The lowest BCUT2D eigenvalue weighted by molar-refractivity contribution is 0.726. The fourth-order valence-electron chi connectivity index (χ4n) is 6.56. The Labute approximate surface area is 216 Å². The summed E-state index contributed by atoms with van der Waals surface area (Å²) in [5.41, 5.74) is 10.5. The van der Waals surface area contributed by atoms with Crippen LogP contribution in [0.2, 0.25) is 0 Å². The van der Waals surface area contributed by atoms with Crippen molar-refractivity contribution in [3.8, 4) is 22.3 Å². The number of hydrogen-bond acceptors (Lipinski definition) is 1. The van der Waals surface area contributed by atoms with E-state index in [-0.39, 0.29) is 0 Å². The lowest BCUT2D eigenvalue weighted by Crippen LogP contribution is -2.14. The Balaban J connectivity index is 1.36. The minimum Gasteiger partial charge on any atom is -0.377 e. The molecule has 2 aliphatic rings. The van der Waals surface area contributed by atoms with Gasteiger partial charge in [0.05, 0.1) is 6.04 Å².